The number of aliphatic hydroxyl groups excluding tert-OH is 1. The molecule has 3 nitrogen and oxygen atoms in total. The molecule has 0 amide bonds. The SMILES string of the molecule is CC(C)(C)c1cncc(Nc2ccccc2CO)c1. The lowest BCUT2D eigenvalue weighted by atomic mass is 9.88. The zero-order valence-corrected chi connectivity index (χ0v) is 11.6. The van der Waals surface area contributed by atoms with Gasteiger partial charge < -0.3 is 10.4 Å². The molecule has 0 radical (unpaired) electrons. The van der Waals surface area contributed by atoms with E-state index in [1.54, 1.807) is 6.20 Å². The highest BCUT2D eigenvalue weighted by Crippen LogP contribution is 2.26. The fourth-order valence-corrected chi connectivity index (χ4v) is 1.85. The quantitative estimate of drug-likeness (QED) is 0.881. The summed E-state index contributed by atoms with van der Waals surface area (Å²) < 4.78 is 0. The van der Waals surface area contributed by atoms with Gasteiger partial charge in [0.25, 0.3) is 0 Å². The van der Waals surface area contributed by atoms with Crippen molar-refractivity contribution in [1.29, 1.82) is 0 Å². The Morgan fingerprint density at radius 1 is 1.16 bits per heavy atom. The molecule has 2 rings (SSSR count). The van der Waals surface area contributed by atoms with Crippen LogP contribution in [0.5, 0.6) is 0 Å². The first-order chi connectivity index (χ1) is 9.00. The molecule has 0 fully saturated rings. The summed E-state index contributed by atoms with van der Waals surface area (Å²) in [7, 11) is 0. The molecule has 1 aromatic heterocycles. The van der Waals surface area contributed by atoms with E-state index in [-0.39, 0.29) is 12.0 Å². The van der Waals surface area contributed by atoms with E-state index in [4.69, 9.17) is 0 Å². The summed E-state index contributed by atoms with van der Waals surface area (Å²) in [4.78, 5) is 4.28. The lowest BCUT2D eigenvalue weighted by molar-refractivity contribution is 0.282. The maximum Gasteiger partial charge on any atom is 0.0702 e. The fraction of sp³-hybridized carbons (Fsp3) is 0.312. The molecule has 0 atom stereocenters. The number of pyridine rings is 1. The molecule has 1 heterocycles. The Kier molecular flexibility index (Phi) is 3.86. The smallest absolute Gasteiger partial charge is 0.0702 e. The van der Waals surface area contributed by atoms with E-state index >= 15 is 0 Å². The van der Waals surface area contributed by atoms with E-state index in [0.29, 0.717) is 0 Å². The highest BCUT2D eigenvalue weighted by atomic mass is 16.3. The maximum absolute atomic E-state index is 9.32. The predicted octanol–water partition coefficient (Wildman–Crippen LogP) is 3.62. The number of aliphatic hydroxyl groups is 1. The summed E-state index contributed by atoms with van der Waals surface area (Å²) in [6.45, 7) is 6.51. The van der Waals surface area contributed by atoms with Crippen molar-refractivity contribution >= 4 is 11.4 Å². The Morgan fingerprint density at radius 3 is 2.58 bits per heavy atom. The normalized spacial score (nSPS) is 11.4. The number of aromatic nitrogens is 1. The Labute approximate surface area is 114 Å². The first-order valence-electron chi connectivity index (χ1n) is 6.42. The van der Waals surface area contributed by atoms with E-state index in [0.717, 1.165) is 16.9 Å². The third kappa shape index (κ3) is 3.32. The van der Waals surface area contributed by atoms with Gasteiger partial charge in [-0.15, -0.1) is 0 Å². The van der Waals surface area contributed by atoms with Crippen LogP contribution >= 0.6 is 0 Å². The van der Waals surface area contributed by atoms with Gasteiger partial charge in [0.2, 0.25) is 0 Å². The lowest BCUT2D eigenvalue weighted by Crippen LogP contribution is -2.11. The molecule has 1 aromatic carbocycles. The van der Waals surface area contributed by atoms with Gasteiger partial charge in [-0.05, 0) is 23.1 Å². The molecule has 0 bridgehead atoms. The molecule has 0 saturated carbocycles. The summed E-state index contributed by atoms with van der Waals surface area (Å²) in [6.07, 6.45) is 3.69. The standard InChI is InChI=1S/C16H20N2O/c1-16(2,3)13-8-14(10-17-9-13)18-15-7-5-4-6-12(15)11-19/h4-10,18-19H,11H2,1-3H3. The Bertz CT molecular complexity index is 559. The number of anilines is 2. The van der Waals surface area contributed by atoms with Crippen molar-refractivity contribution in [3.63, 3.8) is 0 Å². The number of hydrogen-bond acceptors (Lipinski definition) is 3. The first-order valence-corrected chi connectivity index (χ1v) is 6.42. The number of rotatable bonds is 3. The molecule has 0 aliphatic heterocycles. The minimum absolute atomic E-state index is 0.0234. The van der Waals surface area contributed by atoms with Crippen LogP contribution in [0.1, 0.15) is 31.9 Å². The van der Waals surface area contributed by atoms with Crippen molar-refractivity contribution in [3.05, 3.63) is 53.9 Å². The van der Waals surface area contributed by atoms with Crippen molar-refractivity contribution < 1.29 is 5.11 Å². The minimum atomic E-state index is 0.0234. The van der Waals surface area contributed by atoms with E-state index in [9.17, 15) is 5.11 Å². The zero-order valence-electron chi connectivity index (χ0n) is 11.6. The van der Waals surface area contributed by atoms with Crippen LogP contribution in [-0.4, -0.2) is 10.1 Å². The van der Waals surface area contributed by atoms with Crippen molar-refractivity contribution in [2.45, 2.75) is 32.8 Å². The summed E-state index contributed by atoms with van der Waals surface area (Å²) in [5, 5.41) is 12.6. The van der Waals surface area contributed by atoms with Crippen molar-refractivity contribution in [1.82, 2.24) is 4.98 Å². The molecule has 0 spiro atoms. The average Bonchev–Trinajstić information content (AvgIpc) is 2.39. The minimum Gasteiger partial charge on any atom is -0.392 e. The van der Waals surface area contributed by atoms with Crippen molar-refractivity contribution in [2.24, 2.45) is 0 Å². The number of benzene rings is 1. The predicted molar refractivity (Wildman–Crippen MR) is 78.6 cm³/mol. The molecular weight excluding hydrogens is 236 g/mol. The highest BCUT2D eigenvalue weighted by Gasteiger charge is 2.14. The topological polar surface area (TPSA) is 45.2 Å². The van der Waals surface area contributed by atoms with Crippen LogP contribution in [0.15, 0.2) is 42.7 Å². The van der Waals surface area contributed by atoms with E-state index in [1.165, 1.54) is 5.56 Å². The van der Waals surface area contributed by atoms with Gasteiger partial charge in [-0.2, -0.15) is 0 Å². The van der Waals surface area contributed by atoms with Crippen molar-refractivity contribution in [2.75, 3.05) is 5.32 Å². The first kappa shape index (κ1) is 13.6. The van der Waals surface area contributed by atoms with Gasteiger partial charge in [-0.25, -0.2) is 0 Å². The number of nitrogens with one attached hydrogen (secondary N) is 1. The Balaban J connectivity index is 2.29. The van der Waals surface area contributed by atoms with Gasteiger partial charge in [-0.3, -0.25) is 4.98 Å². The van der Waals surface area contributed by atoms with E-state index < -0.39 is 0 Å². The summed E-state index contributed by atoms with van der Waals surface area (Å²) in [5.74, 6) is 0. The van der Waals surface area contributed by atoms with Gasteiger partial charge >= 0.3 is 0 Å². The maximum atomic E-state index is 9.32. The van der Waals surface area contributed by atoms with E-state index in [1.807, 2.05) is 30.5 Å². The van der Waals surface area contributed by atoms with Crippen LogP contribution in [0.2, 0.25) is 0 Å². The molecule has 2 aromatic rings. The zero-order chi connectivity index (χ0) is 13.9. The number of nitrogens with zero attached hydrogens (tertiary/aromatic N) is 1. The second kappa shape index (κ2) is 5.41. The van der Waals surface area contributed by atoms with Gasteiger partial charge in [0, 0.05) is 17.4 Å². The van der Waals surface area contributed by atoms with Crippen LogP contribution in [-0.2, 0) is 12.0 Å². The average molecular weight is 256 g/mol. The van der Waals surface area contributed by atoms with Gasteiger partial charge in [0.1, 0.15) is 0 Å². The highest BCUT2D eigenvalue weighted by molar-refractivity contribution is 5.63. The second-order valence-electron chi connectivity index (χ2n) is 5.65. The summed E-state index contributed by atoms with van der Waals surface area (Å²) >= 11 is 0. The summed E-state index contributed by atoms with van der Waals surface area (Å²) in [5.41, 5.74) is 3.98. The van der Waals surface area contributed by atoms with Crippen LogP contribution < -0.4 is 5.32 Å². The Morgan fingerprint density at radius 2 is 1.89 bits per heavy atom. The van der Waals surface area contributed by atoms with Crippen LogP contribution in [0.3, 0.4) is 0 Å². The number of hydrogen-bond donors (Lipinski definition) is 2. The van der Waals surface area contributed by atoms with Gasteiger partial charge in [0.05, 0.1) is 18.5 Å². The molecule has 0 aliphatic rings. The summed E-state index contributed by atoms with van der Waals surface area (Å²) in [6, 6.07) is 9.82. The lowest BCUT2D eigenvalue weighted by Gasteiger charge is -2.19. The van der Waals surface area contributed by atoms with Crippen LogP contribution in [0.25, 0.3) is 0 Å². The molecule has 3 heteroatoms. The molecular formula is C16H20N2O. The van der Waals surface area contributed by atoms with Gasteiger partial charge in [-0.1, -0.05) is 39.0 Å². The molecule has 0 aliphatic carbocycles. The third-order valence-corrected chi connectivity index (χ3v) is 3.07. The van der Waals surface area contributed by atoms with Crippen LogP contribution in [0, 0.1) is 0 Å². The number of para-hydroxylation sites is 1. The molecule has 2 N–H and O–H groups in total. The third-order valence-electron chi connectivity index (χ3n) is 3.07. The van der Waals surface area contributed by atoms with Crippen LogP contribution in [0.4, 0.5) is 11.4 Å². The second-order valence-corrected chi connectivity index (χ2v) is 5.65. The van der Waals surface area contributed by atoms with Gasteiger partial charge in [0.15, 0.2) is 0 Å². The van der Waals surface area contributed by atoms with E-state index in [2.05, 4.69) is 37.1 Å². The Hall–Kier alpha value is -1.87. The molecule has 19 heavy (non-hydrogen) atoms. The monoisotopic (exact) mass is 256 g/mol. The molecule has 0 saturated heterocycles. The largest absolute Gasteiger partial charge is 0.392 e. The molecule has 0 unspecified atom stereocenters. The fourth-order valence-electron chi connectivity index (χ4n) is 1.85. The molecule has 100 valence electrons. The van der Waals surface area contributed by atoms with Crippen molar-refractivity contribution in [3.8, 4) is 0 Å².